The Hall–Kier alpha value is -1.02. The number of rotatable bonds is 4. The van der Waals surface area contributed by atoms with Gasteiger partial charge in [0.2, 0.25) is 0 Å². The van der Waals surface area contributed by atoms with Gasteiger partial charge in [0.25, 0.3) is 5.91 Å². The SMILES string of the molecule is O=C(c1cnc(CN2CCCC2)s1)N1CCOC[C@@H](CO)C1. The molecule has 1 aromatic heterocycles. The van der Waals surface area contributed by atoms with Crippen LogP contribution in [0.25, 0.3) is 0 Å². The van der Waals surface area contributed by atoms with Crippen LogP contribution in [0.5, 0.6) is 0 Å². The van der Waals surface area contributed by atoms with Gasteiger partial charge in [0, 0.05) is 25.6 Å². The number of amides is 1. The Morgan fingerprint density at radius 2 is 2.23 bits per heavy atom. The maximum Gasteiger partial charge on any atom is 0.265 e. The lowest BCUT2D eigenvalue weighted by Gasteiger charge is -2.21. The van der Waals surface area contributed by atoms with Crippen LogP contribution in [0.15, 0.2) is 6.20 Å². The topological polar surface area (TPSA) is 65.9 Å². The average molecular weight is 325 g/mol. The Balaban J connectivity index is 1.62. The minimum absolute atomic E-state index is 0.00319. The summed E-state index contributed by atoms with van der Waals surface area (Å²) in [5.74, 6) is 0.0116. The van der Waals surface area contributed by atoms with Gasteiger partial charge in [0.15, 0.2) is 0 Å². The summed E-state index contributed by atoms with van der Waals surface area (Å²) < 4.78 is 5.44. The Labute approximate surface area is 134 Å². The lowest BCUT2D eigenvalue weighted by Crippen LogP contribution is -2.36. The van der Waals surface area contributed by atoms with E-state index in [9.17, 15) is 9.90 Å². The second-order valence-electron chi connectivity index (χ2n) is 5.98. The summed E-state index contributed by atoms with van der Waals surface area (Å²) in [4.78, 5) is 21.9. The average Bonchev–Trinajstić information content (AvgIpc) is 3.14. The third-order valence-electron chi connectivity index (χ3n) is 4.20. The molecule has 1 aromatic rings. The minimum atomic E-state index is 0.00319. The zero-order valence-corrected chi connectivity index (χ0v) is 13.6. The maximum absolute atomic E-state index is 12.6. The summed E-state index contributed by atoms with van der Waals surface area (Å²) >= 11 is 1.49. The van der Waals surface area contributed by atoms with Gasteiger partial charge >= 0.3 is 0 Å². The lowest BCUT2D eigenvalue weighted by molar-refractivity contribution is 0.0733. The number of hydrogen-bond donors (Lipinski definition) is 1. The van der Waals surface area contributed by atoms with E-state index in [-0.39, 0.29) is 18.4 Å². The van der Waals surface area contributed by atoms with Crippen LogP contribution in [0.4, 0.5) is 0 Å². The number of carbonyl (C=O) groups is 1. The number of aromatic nitrogens is 1. The Bertz CT molecular complexity index is 502. The molecule has 0 unspecified atom stereocenters. The van der Waals surface area contributed by atoms with Crippen LogP contribution < -0.4 is 0 Å². The van der Waals surface area contributed by atoms with E-state index < -0.39 is 0 Å². The van der Waals surface area contributed by atoms with Crippen molar-refractivity contribution in [1.82, 2.24) is 14.8 Å². The molecule has 0 saturated carbocycles. The molecule has 0 radical (unpaired) electrons. The molecule has 0 bridgehead atoms. The van der Waals surface area contributed by atoms with Crippen LogP contribution in [0.2, 0.25) is 0 Å². The van der Waals surface area contributed by atoms with E-state index in [0.29, 0.717) is 31.2 Å². The molecule has 6 nitrogen and oxygen atoms in total. The number of thiazole rings is 1. The normalized spacial score (nSPS) is 23.7. The highest BCUT2D eigenvalue weighted by molar-refractivity contribution is 7.13. The number of hydrogen-bond acceptors (Lipinski definition) is 6. The Kier molecular flexibility index (Phi) is 5.41. The van der Waals surface area contributed by atoms with Crippen molar-refractivity contribution in [3.63, 3.8) is 0 Å². The van der Waals surface area contributed by atoms with E-state index in [1.165, 1.54) is 24.2 Å². The number of carbonyl (C=O) groups excluding carboxylic acids is 1. The first-order valence-electron chi connectivity index (χ1n) is 7.91. The van der Waals surface area contributed by atoms with Crippen LogP contribution in [0, 0.1) is 5.92 Å². The molecule has 0 aromatic carbocycles. The van der Waals surface area contributed by atoms with E-state index in [1.54, 1.807) is 11.1 Å². The monoisotopic (exact) mass is 325 g/mol. The molecule has 0 spiro atoms. The van der Waals surface area contributed by atoms with E-state index in [1.807, 2.05) is 0 Å². The van der Waals surface area contributed by atoms with Gasteiger partial charge in [0.1, 0.15) is 9.88 Å². The van der Waals surface area contributed by atoms with E-state index in [2.05, 4.69) is 9.88 Å². The number of nitrogens with zero attached hydrogens (tertiary/aromatic N) is 3. The van der Waals surface area contributed by atoms with Crippen molar-refractivity contribution in [3.05, 3.63) is 16.1 Å². The number of aliphatic hydroxyl groups is 1. The summed E-state index contributed by atoms with van der Waals surface area (Å²) in [6.45, 7) is 5.33. The Morgan fingerprint density at radius 3 is 3.00 bits per heavy atom. The molecule has 7 heteroatoms. The lowest BCUT2D eigenvalue weighted by atomic mass is 10.1. The first-order valence-corrected chi connectivity index (χ1v) is 8.73. The number of ether oxygens (including phenoxy) is 1. The van der Waals surface area contributed by atoms with Gasteiger partial charge < -0.3 is 14.7 Å². The summed E-state index contributed by atoms with van der Waals surface area (Å²) in [7, 11) is 0. The van der Waals surface area contributed by atoms with Gasteiger partial charge in [0.05, 0.1) is 26.0 Å². The van der Waals surface area contributed by atoms with Gasteiger partial charge in [-0.2, -0.15) is 0 Å². The summed E-state index contributed by atoms with van der Waals surface area (Å²) in [5.41, 5.74) is 0. The van der Waals surface area contributed by atoms with Gasteiger partial charge in [-0.1, -0.05) is 0 Å². The van der Waals surface area contributed by atoms with E-state index in [0.717, 1.165) is 24.6 Å². The molecule has 2 saturated heterocycles. The molecule has 1 atom stereocenters. The largest absolute Gasteiger partial charge is 0.396 e. The van der Waals surface area contributed by atoms with E-state index in [4.69, 9.17) is 4.74 Å². The van der Waals surface area contributed by atoms with Gasteiger partial charge in [-0.25, -0.2) is 4.98 Å². The fourth-order valence-electron chi connectivity index (χ4n) is 2.95. The first kappa shape index (κ1) is 15.9. The quantitative estimate of drug-likeness (QED) is 0.888. The number of aliphatic hydroxyl groups excluding tert-OH is 1. The van der Waals surface area contributed by atoms with Crippen molar-refractivity contribution < 1.29 is 14.6 Å². The van der Waals surface area contributed by atoms with Crippen molar-refractivity contribution in [2.45, 2.75) is 19.4 Å². The highest BCUT2D eigenvalue weighted by Gasteiger charge is 2.24. The zero-order valence-electron chi connectivity index (χ0n) is 12.7. The van der Waals surface area contributed by atoms with Crippen molar-refractivity contribution in [1.29, 1.82) is 0 Å². The molecule has 2 aliphatic rings. The fourth-order valence-corrected chi connectivity index (χ4v) is 3.87. The van der Waals surface area contributed by atoms with Gasteiger partial charge in [-0.3, -0.25) is 9.69 Å². The molecule has 1 N–H and O–H groups in total. The second-order valence-corrected chi connectivity index (χ2v) is 7.09. The van der Waals surface area contributed by atoms with Crippen LogP contribution in [-0.4, -0.2) is 71.8 Å². The van der Waals surface area contributed by atoms with Crippen LogP contribution in [0.1, 0.15) is 27.5 Å². The molecule has 2 fully saturated rings. The summed E-state index contributed by atoms with van der Waals surface area (Å²) in [6, 6.07) is 0. The maximum atomic E-state index is 12.6. The molecule has 22 heavy (non-hydrogen) atoms. The molecule has 2 aliphatic heterocycles. The predicted octanol–water partition coefficient (Wildman–Crippen LogP) is 0.820. The predicted molar refractivity (Wildman–Crippen MR) is 83.9 cm³/mol. The van der Waals surface area contributed by atoms with Crippen molar-refractivity contribution in [2.75, 3.05) is 46.0 Å². The summed E-state index contributed by atoms with van der Waals surface area (Å²) in [6.07, 6.45) is 4.21. The zero-order chi connectivity index (χ0) is 15.4. The smallest absolute Gasteiger partial charge is 0.265 e. The first-order chi connectivity index (χ1) is 10.8. The second kappa shape index (κ2) is 7.50. The highest BCUT2D eigenvalue weighted by atomic mass is 32.1. The van der Waals surface area contributed by atoms with Crippen molar-refractivity contribution in [3.8, 4) is 0 Å². The summed E-state index contributed by atoms with van der Waals surface area (Å²) in [5, 5.41) is 10.3. The third-order valence-corrected chi connectivity index (χ3v) is 5.18. The molecule has 1 amide bonds. The molecule has 3 heterocycles. The molecular weight excluding hydrogens is 302 g/mol. The van der Waals surface area contributed by atoms with Gasteiger partial charge in [-0.05, 0) is 25.9 Å². The van der Waals surface area contributed by atoms with Crippen LogP contribution in [0.3, 0.4) is 0 Å². The van der Waals surface area contributed by atoms with Crippen LogP contribution >= 0.6 is 11.3 Å². The Morgan fingerprint density at radius 1 is 1.41 bits per heavy atom. The van der Waals surface area contributed by atoms with Gasteiger partial charge in [-0.15, -0.1) is 11.3 Å². The van der Waals surface area contributed by atoms with Crippen molar-refractivity contribution in [2.24, 2.45) is 5.92 Å². The fraction of sp³-hybridized carbons (Fsp3) is 0.733. The molecular formula is C15H23N3O3S. The third kappa shape index (κ3) is 3.84. The van der Waals surface area contributed by atoms with E-state index >= 15 is 0 Å². The molecule has 3 rings (SSSR count). The highest BCUT2D eigenvalue weighted by Crippen LogP contribution is 2.20. The molecule has 0 aliphatic carbocycles. The standard InChI is InChI=1S/C15H23N3O3S/c19-10-12-8-18(5-6-21-11-12)15(20)13-7-16-14(22-13)9-17-3-1-2-4-17/h7,12,19H,1-6,8-11H2/t12-/m1/s1. The van der Waals surface area contributed by atoms with Crippen molar-refractivity contribution >= 4 is 17.2 Å². The van der Waals surface area contributed by atoms with Crippen LogP contribution in [-0.2, 0) is 11.3 Å². The molecule has 122 valence electrons. The number of likely N-dealkylation sites (tertiary alicyclic amines) is 1. The minimum Gasteiger partial charge on any atom is -0.396 e.